The van der Waals surface area contributed by atoms with Crippen LogP contribution in [0.5, 0.6) is 5.75 Å². The number of aliphatic hydroxyl groups is 2. The molecule has 6 N–H and O–H groups in total. The third-order valence-electron chi connectivity index (χ3n) is 5.31. The summed E-state index contributed by atoms with van der Waals surface area (Å²) in [6.07, 6.45) is 1.18. The van der Waals surface area contributed by atoms with Gasteiger partial charge in [0.1, 0.15) is 5.75 Å². The molecule has 11 heteroatoms. The van der Waals surface area contributed by atoms with E-state index in [9.17, 15) is 24.9 Å². The molecule has 1 aromatic carbocycles. The van der Waals surface area contributed by atoms with Crippen LogP contribution in [0.2, 0.25) is 0 Å². The van der Waals surface area contributed by atoms with Gasteiger partial charge in [-0.25, -0.2) is 5.84 Å². The SMILES string of the molecule is C[C@@H](NC(=O)[C@H](O)[C@@H](O)C(=O)N1Cc2cccnc2C1)c1ccc(N(N)/C=C\CI)c(O)c1. The third-order valence-corrected chi connectivity index (χ3v) is 5.82. The van der Waals surface area contributed by atoms with Crippen LogP contribution in [0, 0.1) is 0 Å². The van der Waals surface area contributed by atoms with Crippen molar-refractivity contribution in [1.29, 1.82) is 0 Å². The van der Waals surface area contributed by atoms with Crippen LogP contribution in [0.15, 0.2) is 48.8 Å². The van der Waals surface area contributed by atoms with Crippen LogP contribution in [0.4, 0.5) is 5.69 Å². The number of nitrogens with one attached hydrogen (secondary N) is 1. The second kappa shape index (κ2) is 10.9. The maximum Gasteiger partial charge on any atom is 0.255 e. The summed E-state index contributed by atoms with van der Waals surface area (Å²) in [7, 11) is 0. The Labute approximate surface area is 204 Å². The zero-order chi connectivity index (χ0) is 24.1. The lowest BCUT2D eigenvalue weighted by Gasteiger charge is -2.24. The first-order chi connectivity index (χ1) is 15.7. The van der Waals surface area contributed by atoms with E-state index in [1.54, 1.807) is 37.5 Å². The second-order valence-corrected chi connectivity index (χ2v) is 8.50. The maximum atomic E-state index is 12.6. The van der Waals surface area contributed by atoms with Crippen molar-refractivity contribution in [3.8, 4) is 5.75 Å². The number of halogens is 1. The fourth-order valence-electron chi connectivity index (χ4n) is 3.47. The van der Waals surface area contributed by atoms with Gasteiger partial charge in [-0.2, -0.15) is 0 Å². The highest BCUT2D eigenvalue weighted by molar-refractivity contribution is 14.1. The minimum absolute atomic E-state index is 0.0906. The van der Waals surface area contributed by atoms with E-state index in [1.165, 1.54) is 16.0 Å². The Morgan fingerprint density at radius 2 is 2.06 bits per heavy atom. The number of alkyl halides is 1. The van der Waals surface area contributed by atoms with Crippen molar-refractivity contribution in [3.05, 3.63) is 65.6 Å². The van der Waals surface area contributed by atoms with Gasteiger partial charge >= 0.3 is 0 Å². The number of nitrogens with two attached hydrogens (primary N) is 1. The summed E-state index contributed by atoms with van der Waals surface area (Å²) in [5.74, 6) is 4.13. The molecule has 1 aliphatic heterocycles. The highest BCUT2D eigenvalue weighted by Gasteiger charge is 2.36. The van der Waals surface area contributed by atoms with Gasteiger partial charge in [0, 0.05) is 23.4 Å². The average Bonchev–Trinajstić information content (AvgIpc) is 3.25. The summed E-state index contributed by atoms with van der Waals surface area (Å²) in [6.45, 7) is 2.10. The molecule has 3 rings (SSSR count). The molecule has 10 nitrogen and oxygen atoms in total. The van der Waals surface area contributed by atoms with Crippen molar-refractivity contribution in [2.24, 2.45) is 5.84 Å². The number of aliphatic hydroxyl groups excluding tert-OH is 2. The van der Waals surface area contributed by atoms with Gasteiger partial charge in [-0.1, -0.05) is 40.8 Å². The summed E-state index contributed by atoms with van der Waals surface area (Å²) in [5, 5.41) is 34.7. The van der Waals surface area contributed by atoms with E-state index < -0.39 is 30.1 Å². The first-order valence-corrected chi connectivity index (χ1v) is 11.7. The molecule has 0 aliphatic carbocycles. The van der Waals surface area contributed by atoms with E-state index in [0.29, 0.717) is 11.3 Å². The van der Waals surface area contributed by atoms with E-state index in [2.05, 4.69) is 32.9 Å². The molecule has 0 radical (unpaired) electrons. The van der Waals surface area contributed by atoms with Gasteiger partial charge in [0.15, 0.2) is 12.2 Å². The molecule has 2 amide bonds. The van der Waals surface area contributed by atoms with Crippen LogP contribution in [-0.4, -0.2) is 53.7 Å². The Bertz CT molecular complexity index is 1020. The highest BCUT2D eigenvalue weighted by Crippen LogP contribution is 2.29. The van der Waals surface area contributed by atoms with Crippen LogP contribution in [0.1, 0.15) is 29.8 Å². The Hall–Kier alpha value is -2.74. The third kappa shape index (κ3) is 5.79. The van der Waals surface area contributed by atoms with Gasteiger partial charge < -0.3 is 25.5 Å². The molecule has 2 heterocycles. The lowest BCUT2D eigenvalue weighted by atomic mass is 10.1. The summed E-state index contributed by atoms with van der Waals surface area (Å²) in [4.78, 5) is 30.6. The number of aromatic hydroxyl groups is 1. The normalized spacial score (nSPS) is 15.7. The van der Waals surface area contributed by atoms with E-state index in [-0.39, 0.29) is 18.8 Å². The van der Waals surface area contributed by atoms with Crippen molar-refractivity contribution in [3.63, 3.8) is 0 Å². The Morgan fingerprint density at radius 1 is 1.30 bits per heavy atom. The van der Waals surface area contributed by atoms with Crippen molar-refractivity contribution in [1.82, 2.24) is 15.2 Å². The van der Waals surface area contributed by atoms with Gasteiger partial charge in [0.2, 0.25) is 0 Å². The first kappa shape index (κ1) is 24.9. The number of anilines is 1. The number of hydrogen-bond donors (Lipinski definition) is 5. The van der Waals surface area contributed by atoms with E-state index >= 15 is 0 Å². The Morgan fingerprint density at radius 3 is 2.73 bits per heavy atom. The smallest absolute Gasteiger partial charge is 0.255 e. The summed E-state index contributed by atoms with van der Waals surface area (Å²) >= 11 is 2.16. The highest BCUT2D eigenvalue weighted by atomic mass is 127. The number of phenols is 1. The maximum absolute atomic E-state index is 12.6. The zero-order valence-electron chi connectivity index (χ0n) is 17.9. The van der Waals surface area contributed by atoms with Crippen LogP contribution in [0.3, 0.4) is 0 Å². The van der Waals surface area contributed by atoms with Crippen LogP contribution >= 0.6 is 22.6 Å². The van der Waals surface area contributed by atoms with Gasteiger partial charge in [-0.3, -0.25) is 19.6 Å². The van der Waals surface area contributed by atoms with Crippen molar-refractivity contribution in [2.75, 3.05) is 9.44 Å². The van der Waals surface area contributed by atoms with Gasteiger partial charge in [-0.15, -0.1) is 0 Å². The molecule has 3 atom stereocenters. The molecular formula is C22H26IN5O5. The molecule has 2 aromatic rings. The zero-order valence-corrected chi connectivity index (χ0v) is 20.1. The van der Waals surface area contributed by atoms with E-state index in [1.807, 2.05) is 12.1 Å². The monoisotopic (exact) mass is 567 g/mol. The number of fused-ring (bicyclic) bond motifs is 1. The number of phenolic OH excluding ortho intramolecular Hbond substituents is 1. The number of pyridine rings is 1. The van der Waals surface area contributed by atoms with Gasteiger partial charge in [0.25, 0.3) is 11.8 Å². The lowest BCUT2D eigenvalue weighted by molar-refractivity contribution is -0.153. The lowest BCUT2D eigenvalue weighted by Crippen LogP contribution is -2.50. The predicted octanol–water partition coefficient (Wildman–Crippen LogP) is 0.857. The predicted molar refractivity (Wildman–Crippen MR) is 130 cm³/mol. The van der Waals surface area contributed by atoms with Crippen molar-refractivity contribution < 1.29 is 24.9 Å². The molecule has 0 spiro atoms. The number of benzene rings is 1. The number of amides is 2. The Kier molecular flexibility index (Phi) is 8.24. The standard InChI is InChI=1S/C22H26IN5O5/c1-13(14-5-6-17(18(29)10-14)28(24)9-3-7-23)26-21(32)19(30)20(31)22(33)27-11-15-4-2-8-25-16(15)12-27/h2-6,8-10,13,19-20,29-31H,7,11-12,24H2,1H3,(H,26,32)/b9-3-/t13-,19-,20-/m1/s1. The molecule has 176 valence electrons. The summed E-state index contributed by atoms with van der Waals surface area (Å²) in [6, 6.07) is 7.67. The molecule has 33 heavy (non-hydrogen) atoms. The Balaban J connectivity index is 1.60. The fraction of sp³-hybridized carbons (Fsp3) is 0.318. The average molecular weight is 567 g/mol. The van der Waals surface area contributed by atoms with E-state index in [0.717, 1.165) is 15.7 Å². The molecule has 0 fully saturated rings. The molecule has 1 aliphatic rings. The largest absolute Gasteiger partial charge is 0.506 e. The molecule has 0 saturated heterocycles. The number of rotatable bonds is 8. The second-order valence-electron chi connectivity index (χ2n) is 7.62. The summed E-state index contributed by atoms with van der Waals surface area (Å²) in [5.41, 5.74) is 2.50. The molecule has 1 aromatic heterocycles. The summed E-state index contributed by atoms with van der Waals surface area (Å²) < 4.78 is 0.756. The van der Waals surface area contributed by atoms with Crippen LogP contribution < -0.4 is 16.2 Å². The quantitative estimate of drug-likeness (QED) is 0.136. The molecule has 0 bridgehead atoms. The molecule has 0 unspecified atom stereocenters. The van der Waals surface area contributed by atoms with E-state index in [4.69, 9.17) is 5.84 Å². The topological polar surface area (TPSA) is 152 Å². The molecular weight excluding hydrogens is 541 g/mol. The van der Waals surface area contributed by atoms with Crippen LogP contribution in [-0.2, 0) is 22.7 Å². The first-order valence-electron chi connectivity index (χ1n) is 10.2. The fourth-order valence-corrected chi connectivity index (χ4v) is 3.69. The minimum atomic E-state index is -1.96. The number of hydrogen-bond acceptors (Lipinski definition) is 8. The number of hydrazine groups is 1. The number of carbonyl (C=O) groups is 2. The minimum Gasteiger partial charge on any atom is -0.506 e. The van der Waals surface area contributed by atoms with Gasteiger partial charge in [-0.05, 0) is 36.2 Å². The number of carbonyl (C=O) groups excluding carboxylic acids is 2. The van der Waals surface area contributed by atoms with Crippen LogP contribution in [0.25, 0.3) is 0 Å². The van der Waals surface area contributed by atoms with Gasteiger partial charge in [0.05, 0.1) is 24.0 Å². The number of aromatic nitrogens is 1. The van der Waals surface area contributed by atoms with Crippen molar-refractivity contribution >= 4 is 40.1 Å². The number of nitrogens with zero attached hydrogens (tertiary/aromatic N) is 3. The number of allylic oxidation sites excluding steroid dienone is 1. The van der Waals surface area contributed by atoms with Crippen molar-refractivity contribution in [2.45, 2.75) is 38.3 Å². The molecule has 0 saturated carbocycles.